The molecule has 126 valence electrons. The van der Waals surface area contributed by atoms with Gasteiger partial charge in [0, 0.05) is 23.3 Å². The average Bonchev–Trinajstić information content (AvgIpc) is 3.12. The van der Waals surface area contributed by atoms with E-state index in [1.165, 1.54) is 5.56 Å². The molecule has 4 aromatic rings. The molecule has 25 heavy (non-hydrogen) atoms. The molecule has 2 N–H and O–H groups in total. The van der Waals surface area contributed by atoms with Crippen LogP contribution in [0.5, 0.6) is 0 Å². The van der Waals surface area contributed by atoms with Gasteiger partial charge in [-0.25, -0.2) is 0 Å². The summed E-state index contributed by atoms with van der Waals surface area (Å²) in [6.07, 6.45) is 4.42. The van der Waals surface area contributed by atoms with Gasteiger partial charge in [0.25, 0.3) is 0 Å². The summed E-state index contributed by atoms with van der Waals surface area (Å²) < 4.78 is 0. The van der Waals surface area contributed by atoms with Crippen LogP contribution in [-0.2, 0) is 6.42 Å². The van der Waals surface area contributed by atoms with E-state index >= 15 is 0 Å². The van der Waals surface area contributed by atoms with E-state index in [4.69, 9.17) is 5.73 Å². The van der Waals surface area contributed by atoms with Crippen molar-refractivity contribution in [3.63, 3.8) is 0 Å². The largest absolute Gasteiger partial charge is 0.322 e. The molecule has 1 atom stereocenters. The van der Waals surface area contributed by atoms with Crippen molar-refractivity contribution in [2.45, 2.75) is 12.5 Å². The van der Waals surface area contributed by atoms with Crippen molar-refractivity contribution in [3.8, 4) is 10.6 Å². The standard InChI is InChI=1S/C19H16N4S.ClH/c20-17(10-13-4-2-1-3-5-13)19-23-22-18(24-19)15-6-7-16-12-21-9-8-14(16)11-15;/h1-9,11-12,17H,10,20H2;1H. The van der Waals surface area contributed by atoms with Crippen LogP contribution in [-0.4, -0.2) is 15.2 Å². The van der Waals surface area contributed by atoms with Crippen LogP contribution in [0.3, 0.4) is 0 Å². The predicted octanol–water partition coefficient (Wildman–Crippen LogP) is 4.42. The minimum atomic E-state index is -0.136. The highest BCUT2D eigenvalue weighted by Gasteiger charge is 2.14. The lowest BCUT2D eigenvalue weighted by atomic mass is 10.1. The fourth-order valence-corrected chi connectivity index (χ4v) is 3.51. The lowest BCUT2D eigenvalue weighted by Gasteiger charge is -2.07. The van der Waals surface area contributed by atoms with E-state index in [0.717, 1.165) is 32.8 Å². The van der Waals surface area contributed by atoms with Gasteiger partial charge in [-0.1, -0.05) is 53.8 Å². The Balaban J connectivity index is 0.00000182. The zero-order valence-corrected chi connectivity index (χ0v) is 15.0. The lowest BCUT2D eigenvalue weighted by molar-refractivity contribution is 0.704. The van der Waals surface area contributed by atoms with Crippen molar-refractivity contribution in [3.05, 3.63) is 77.6 Å². The molecular weight excluding hydrogens is 352 g/mol. The van der Waals surface area contributed by atoms with E-state index in [-0.39, 0.29) is 18.4 Å². The Morgan fingerprint density at radius 1 is 0.960 bits per heavy atom. The van der Waals surface area contributed by atoms with E-state index in [2.05, 4.69) is 45.5 Å². The number of rotatable bonds is 4. The molecule has 0 radical (unpaired) electrons. The highest BCUT2D eigenvalue weighted by atomic mass is 35.5. The number of pyridine rings is 1. The molecular formula is C19H17ClN4S. The first-order valence-electron chi connectivity index (χ1n) is 7.77. The third-order valence-corrected chi connectivity index (χ3v) is 5.05. The smallest absolute Gasteiger partial charge is 0.147 e. The Morgan fingerprint density at radius 2 is 1.80 bits per heavy atom. The van der Waals surface area contributed by atoms with Crippen molar-refractivity contribution in [1.82, 2.24) is 15.2 Å². The van der Waals surface area contributed by atoms with Gasteiger partial charge in [0.2, 0.25) is 0 Å². The molecule has 0 aliphatic rings. The predicted molar refractivity (Wildman–Crippen MR) is 105 cm³/mol. The highest BCUT2D eigenvalue weighted by molar-refractivity contribution is 7.14. The van der Waals surface area contributed by atoms with Crippen molar-refractivity contribution in [2.24, 2.45) is 5.73 Å². The van der Waals surface area contributed by atoms with Gasteiger partial charge in [-0.05, 0) is 29.5 Å². The van der Waals surface area contributed by atoms with Crippen LogP contribution >= 0.6 is 23.7 Å². The van der Waals surface area contributed by atoms with Crippen LogP contribution in [0.15, 0.2) is 67.0 Å². The van der Waals surface area contributed by atoms with Gasteiger partial charge in [0.1, 0.15) is 10.0 Å². The molecule has 6 heteroatoms. The second-order valence-corrected chi connectivity index (χ2v) is 6.69. The Morgan fingerprint density at radius 3 is 2.64 bits per heavy atom. The van der Waals surface area contributed by atoms with Gasteiger partial charge >= 0.3 is 0 Å². The lowest BCUT2D eigenvalue weighted by Crippen LogP contribution is -2.12. The molecule has 4 rings (SSSR count). The van der Waals surface area contributed by atoms with Crippen molar-refractivity contribution in [1.29, 1.82) is 0 Å². The van der Waals surface area contributed by atoms with E-state index in [1.54, 1.807) is 17.5 Å². The van der Waals surface area contributed by atoms with E-state index in [1.807, 2.05) is 30.5 Å². The summed E-state index contributed by atoms with van der Waals surface area (Å²) in [7, 11) is 0. The first-order valence-corrected chi connectivity index (χ1v) is 8.58. The fraction of sp³-hybridized carbons (Fsp3) is 0.105. The van der Waals surface area contributed by atoms with Gasteiger partial charge in [-0.3, -0.25) is 4.98 Å². The maximum absolute atomic E-state index is 6.31. The second-order valence-electron chi connectivity index (χ2n) is 5.68. The van der Waals surface area contributed by atoms with Crippen LogP contribution in [0.4, 0.5) is 0 Å². The van der Waals surface area contributed by atoms with Crippen LogP contribution in [0.2, 0.25) is 0 Å². The summed E-state index contributed by atoms with van der Waals surface area (Å²) in [6.45, 7) is 0. The number of fused-ring (bicyclic) bond motifs is 1. The van der Waals surface area contributed by atoms with Crippen LogP contribution in [0.25, 0.3) is 21.3 Å². The second kappa shape index (κ2) is 7.70. The van der Waals surface area contributed by atoms with Crippen LogP contribution in [0.1, 0.15) is 16.6 Å². The fourth-order valence-electron chi connectivity index (χ4n) is 2.67. The number of benzene rings is 2. The van der Waals surface area contributed by atoms with Gasteiger partial charge in [0.15, 0.2) is 0 Å². The van der Waals surface area contributed by atoms with Crippen molar-refractivity contribution >= 4 is 34.5 Å². The van der Waals surface area contributed by atoms with Crippen molar-refractivity contribution in [2.75, 3.05) is 0 Å². The zero-order valence-electron chi connectivity index (χ0n) is 13.4. The number of halogens is 1. The summed E-state index contributed by atoms with van der Waals surface area (Å²) >= 11 is 1.56. The van der Waals surface area contributed by atoms with Crippen LogP contribution < -0.4 is 5.73 Å². The SMILES string of the molecule is Cl.NC(Cc1ccccc1)c1nnc(-c2ccc3cnccc3c2)s1. The summed E-state index contributed by atoms with van der Waals surface area (Å²) in [5.41, 5.74) is 8.58. The molecule has 0 bridgehead atoms. The number of nitrogens with two attached hydrogens (primary N) is 1. The Kier molecular flexibility index (Phi) is 5.38. The number of hydrogen-bond donors (Lipinski definition) is 1. The van der Waals surface area contributed by atoms with E-state index in [9.17, 15) is 0 Å². The van der Waals surface area contributed by atoms with Gasteiger partial charge in [-0.15, -0.1) is 22.6 Å². The quantitative estimate of drug-likeness (QED) is 0.579. The van der Waals surface area contributed by atoms with E-state index < -0.39 is 0 Å². The van der Waals surface area contributed by atoms with Crippen molar-refractivity contribution < 1.29 is 0 Å². The number of hydrogen-bond acceptors (Lipinski definition) is 5. The minimum Gasteiger partial charge on any atom is -0.322 e. The summed E-state index contributed by atoms with van der Waals surface area (Å²) in [5.74, 6) is 0. The first-order chi connectivity index (χ1) is 11.8. The maximum Gasteiger partial charge on any atom is 0.147 e. The Bertz CT molecular complexity index is 971. The molecule has 0 aliphatic carbocycles. The Labute approximate surface area is 156 Å². The molecule has 2 aromatic heterocycles. The third-order valence-electron chi connectivity index (χ3n) is 3.94. The molecule has 0 saturated heterocycles. The average molecular weight is 369 g/mol. The molecule has 0 aliphatic heterocycles. The highest BCUT2D eigenvalue weighted by Crippen LogP contribution is 2.29. The maximum atomic E-state index is 6.31. The summed E-state index contributed by atoms with van der Waals surface area (Å²) in [5, 5.41) is 12.7. The van der Waals surface area contributed by atoms with Gasteiger partial charge in [0.05, 0.1) is 6.04 Å². The summed E-state index contributed by atoms with van der Waals surface area (Å²) in [6, 6.07) is 18.3. The first kappa shape index (κ1) is 17.5. The molecule has 0 saturated carbocycles. The number of aromatic nitrogens is 3. The number of nitrogens with zero attached hydrogens (tertiary/aromatic N) is 3. The normalized spacial score (nSPS) is 11.9. The zero-order chi connectivity index (χ0) is 16.4. The monoisotopic (exact) mass is 368 g/mol. The molecule has 4 nitrogen and oxygen atoms in total. The molecule has 0 amide bonds. The van der Waals surface area contributed by atoms with Crippen LogP contribution in [0, 0.1) is 0 Å². The minimum absolute atomic E-state index is 0. The molecule has 1 unspecified atom stereocenters. The van der Waals surface area contributed by atoms with Gasteiger partial charge in [-0.2, -0.15) is 0 Å². The topological polar surface area (TPSA) is 64.7 Å². The van der Waals surface area contributed by atoms with Gasteiger partial charge < -0.3 is 5.73 Å². The van der Waals surface area contributed by atoms with E-state index in [0.29, 0.717) is 0 Å². The molecule has 0 spiro atoms. The molecule has 0 fully saturated rings. The Hall–Kier alpha value is -2.34. The molecule has 2 heterocycles. The summed E-state index contributed by atoms with van der Waals surface area (Å²) in [4.78, 5) is 4.14. The molecule has 2 aromatic carbocycles. The third kappa shape index (κ3) is 3.85.